The molecule has 1 aliphatic rings. The first-order chi connectivity index (χ1) is 12.2. The zero-order valence-electron chi connectivity index (χ0n) is 14.2. The molecule has 0 unspecified atom stereocenters. The van der Waals surface area contributed by atoms with Gasteiger partial charge in [-0.2, -0.15) is 0 Å². The van der Waals surface area contributed by atoms with Crippen molar-refractivity contribution in [1.82, 2.24) is 15.6 Å². The SMILES string of the molecule is O=C(NCc1ccccn1)c1ccc(C(=O)NC2CCCCC2)cc1. The highest BCUT2D eigenvalue weighted by molar-refractivity contribution is 5.97. The summed E-state index contributed by atoms with van der Waals surface area (Å²) in [6.07, 6.45) is 7.43. The normalized spacial score (nSPS) is 14.7. The smallest absolute Gasteiger partial charge is 0.251 e. The number of aromatic nitrogens is 1. The summed E-state index contributed by atoms with van der Waals surface area (Å²) in [5, 5.41) is 5.91. The van der Waals surface area contributed by atoms with Gasteiger partial charge < -0.3 is 10.6 Å². The van der Waals surface area contributed by atoms with Gasteiger partial charge in [0.15, 0.2) is 0 Å². The summed E-state index contributed by atoms with van der Waals surface area (Å²) < 4.78 is 0. The van der Waals surface area contributed by atoms with Gasteiger partial charge in [0.25, 0.3) is 11.8 Å². The van der Waals surface area contributed by atoms with Gasteiger partial charge in [-0.25, -0.2) is 0 Å². The van der Waals surface area contributed by atoms with Crippen molar-refractivity contribution in [3.05, 3.63) is 65.5 Å². The molecule has 0 spiro atoms. The first-order valence-corrected chi connectivity index (χ1v) is 8.81. The van der Waals surface area contributed by atoms with Gasteiger partial charge in [-0.05, 0) is 49.2 Å². The summed E-state index contributed by atoms with van der Waals surface area (Å²) in [6.45, 7) is 0.379. The lowest BCUT2D eigenvalue weighted by molar-refractivity contribution is 0.0922. The van der Waals surface area contributed by atoms with Gasteiger partial charge >= 0.3 is 0 Å². The van der Waals surface area contributed by atoms with E-state index in [0.29, 0.717) is 17.7 Å². The molecule has 1 saturated carbocycles. The molecule has 3 rings (SSSR count). The summed E-state index contributed by atoms with van der Waals surface area (Å²) in [5.41, 5.74) is 1.93. The van der Waals surface area contributed by atoms with Crippen LogP contribution in [0.15, 0.2) is 48.7 Å². The van der Waals surface area contributed by atoms with Crippen molar-refractivity contribution in [2.75, 3.05) is 0 Å². The van der Waals surface area contributed by atoms with Crippen molar-refractivity contribution in [3.63, 3.8) is 0 Å². The number of hydrogen-bond donors (Lipinski definition) is 2. The number of benzene rings is 1. The molecule has 2 aromatic rings. The largest absolute Gasteiger partial charge is 0.349 e. The van der Waals surface area contributed by atoms with E-state index >= 15 is 0 Å². The number of carbonyl (C=O) groups is 2. The number of nitrogens with zero attached hydrogens (tertiary/aromatic N) is 1. The van der Waals surface area contributed by atoms with Crippen LogP contribution in [-0.2, 0) is 6.54 Å². The zero-order chi connectivity index (χ0) is 17.5. The second-order valence-electron chi connectivity index (χ2n) is 6.39. The van der Waals surface area contributed by atoms with Crippen LogP contribution in [0.25, 0.3) is 0 Å². The van der Waals surface area contributed by atoms with Crippen LogP contribution in [0.4, 0.5) is 0 Å². The van der Waals surface area contributed by atoms with E-state index in [9.17, 15) is 9.59 Å². The Kier molecular flexibility index (Phi) is 5.77. The number of carbonyl (C=O) groups excluding carboxylic acids is 2. The van der Waals surface area contributed by atoms with Crippen LogP contribution in [-0.4, -0.2) is 22.8 Å². The Morgan fingerprint density at radius 2 is 1.60 bits per heavy atom. The summed E-state index contributed by atoms with van der Waals surface area (Å²) in [6, 6.07) is 12.6. The molecular weight excluding hydrogens is 314 g/mol. The average molecular weight is 337 g/mol. The molecule has 1 aromatic carbocycles. The van der Waals surface area contributed by atoms with Crippen LogP contribution < -0.4 is 10.6 Å². The van der Waals surface area contributed by atoms with Crippen LogP contribution in [0.1, 0.15) is 58.5 Å². The highest BCUT2D eigenvalue weighted by Crippen LogP contribution is 2.18. The third-order valence-corrected chi connectivity index (χ3v) is 4.51. The van der Waals surface area contributed by atoms with Gasteiger partial charge in [-0.15, -0.1) is 0 Å². The van der Waals surface area contributed by atoms with E-state index in [1.807, 2.05) is 18.2 Å². The Hall–Kier alpha value is -2.69. The van der Waals surface area contributed by atoms with E-state index < -0.39 is 0 Å². The molecule has 0 saturated heterocycles. The number of nitrogens with one attached hydrogen (secondary N) is 2. The summed E-state index contributed by atoms with van der Waals surface area (Å²) in [4.78, 5) is 28.6. The summed E-state index contributed by atoms with van der Waals surface area (Å²) in [7, 11) is 0. The number of amides is 2. The fourth-order valence-electron chi connectivity index (χ4n) is 3.06. The number of pyridine rings is 1. The highest BCUT2D eigenvalue weighted by atomic mass is 16.2. The minimum Gasteiger partial charge on any atom is -0.349 e. The Balaban J connectivity index is 1.53. The van der Waals surface area contributed by atoms with E-state index in [0.717, 1.165) is 18.5 Å². The maximum absolute atomic E-state index is 12.3. The molecule has 1 fully saturated rings. The monoisotopic (exact) mass is 337 g/mol. The van der Waals surface area contributed by atoms with Crippen LogP contribution in [0, 0.1) is 0 Å². The topological polar surface area (TPSA) is 71.1 Å². The van der Waals surface area contributed by atoms with Crippen molar-refractivity contribution in [3.8, 4) is 0 Å². The van der Waals surface area contributed by atoms with Gasteiger partial charge in [-0.1, -0.05) is 25.3 Å². The van der Waals surface area contributed by atoms with Crippen LogP contribution in [0.5, 0.6) is 0 Å². The minimum absolute atomic E-state index is 0.0626. The van der Waals surface area contributed by atoms with Gasteiger partial charge in [0, 0.05) is 23.4 Å². The lowest BCUT2D eigenvalue weighted by Gasteiger charge is -2.22. The average Bonchev–Trinajstić information content (AvgIpc) is 2.68. The lowest BCUT2D eigenvalue weighted by atomic mass is 9.95. The summed E-state index contributed by atoms with van der Waals surface area (Å²) in [5.74, 6) is -0.239. The van der Waals surface area contributed by atoms with Crippen molar-refractivity contribution >= 4 is 11.8 Å². The lowest BCUT2D eigenvalue weighted by Crippen LogP contribution is -2.36. The van der Waals surface area contributed by atoms with Gasteiger partial charge in [0.2, 0.25) is 0 Å². The molecule has 0 aliphatic heterocycles. The van der Waals surface area contributed by atoms with E-state index in [1.165, 1.54) is 19.3 Å². The second kappa shape index (κ2) is 8.42. The quantitative estimate of drug-likeness (QED) is 0.881. The second-order valence-corrected chi connectivity index (χ2v) is 6.39. The fourth-order valence-corrected chi connectivity index (χ4v) is 3.06. The van der Waals surface area contributed by atoms with Gasteiger partial charge in [0.05, 0.1) is 12.2 Å². The highest BCUT2D eigenvalue weighted by Gasteiger charge is 2.16. The van der Waals surface area contributed by atoms with Crippen molar-refractivity contribution < 1.29 is 9.59 Å². The molecular formula is C20H23N3O2. The molecule has 5 nitrogen and oxygen atoms in total. The first kappa shape index (κ1) is 17.1. The standard InChI is InChI=1S/C20H23N3O2/c24-19(22-14-18-8-4-5-13-21-18)15-9-11-16(12-10-15)20(25)23-17-6-2-1-3-7-17/h4-5,8-13,17H,1-3,6-7,14H2,(H,22,24)(H,23,25). The predicted octanol–water partition coefficient (Wildman–Crippen LogP) is 3.07. The molecule has 0 bridgehead atoms. The van der Waals surface area contributed by atoms with Crippen molar-refractivity contribution in [1.29, 1.82) is 0 Å². The molecule has 1 aliphatic carbocycles. The molecule has 1 heterocycles. The first-order valence-electron chi connectivity index (χ1n) is 8.81. The maximum atomic E-state index is 12.3. The molecule has 2 amide bonds. The van der Waals surface area contributed by atoms with Crippen LogP contribution >= 0.6 is 0 Å². The van der Waals surface area contributed by atoms with Gasteiger partial charge in [0.1, 0.15) is 0 Å². The molecule has 25 heavy (non-hydrogen) atoms. The van der Waals surface area contributed by atoms with Crippen molar-refractivity contribution in [2.45, 2.75) is 44.7 Å². The molecule has 1 aromatic heterocycles. The maximum Gasteiger partial charge on any atom is 0.251 e. The fraction of sp³-hybridized carbons (Fsp3) is 0.350. The Labute approximate surface area is 147 Å². The third-order valence-electron chi connectivity index (χ3n) is 4.51. The third kappa shape index (κ3) is 4.89. The predicted molar refractivity (Wildman–Crippen MR) is 96.2 cm³/mol. The van der Waals surface area contributed by atoms with Crippen molar-refractivity contribution in [2.24, 2.45) is 0 Å². The summed E-state index contributed by atoms with van der Waals surface area (Å²) >= 11 is 0. The van der Waals surface area contributed by atoms with Crippen LogP contribution in [0.3, 0.4) is 0 Å². The Morgan fingerprint density at radius 1 is 0.920 bits per heavy atom. The molecule has 0 radical (unpaired) electrons. The Morgan fingerprint density at radius 3 is 2.24 bits per heavy atom. The van der Waals surface area contributed by atoms with Gasteiger partial charge in [-0.3, -0.25) is 14.6 Å². The molecule has 130 valence electrons. The molecule has 5 heteroatoms. The molecule has 2 N–H and O–H groups in total. The van der Waals surface area contributed by atoms with E-state index in [-0.39, 0.29) is 17.9 Å². The van der Waals surface area contributed by atoms with E-state index in [2.05, 4.69) is 15.6 Å². The molecule has 0 atom stereocenters. The minimum atomic E-state index is -0.176. The van der Waals surface area contributed by atoms with E-state index in [1.54, 1.807) is 30.5 Å². The van der Waals surface area contributed by atoms with Crippen LogP contribution in [0.2, 0.25) is 0 Å². The Bertz CT molecular complexity index is 707. The zero-order valence-corrected chi connectivity index (χ0v) is 14.2. The number of hydrogen-bond acceptors (Lipinski definition) is 3. The number of rotatable bonds is 5. The van der Waals surface area contributed by atoms with E-state index in [4.69, 9.17) is 0 Å².